The quantitative estimate of drug-likeness (QED) is 0.120. The molecule has 320 valence electrons. The summed E-state index contributed by atoms with van der Waals surface area (Å²) in [5.41, 5.74) is 5.46. The zero-order chi connectivity index (χ0) is 42.0. The summed E-state index contributed by atoms with van der Waals surface area (Å²) in [6, 6.07) is 25.1. The molecule has 8 heterocycles. The SMILES string of the molecule is O=C(C(CN1CCN(c2ccc(Cl)cn2)CC1)N1CC=C(c2cccc3ccsc23)CC1)C(CN1CCN(c2ccc(Cl)cn2)CC1)N1CC=C(c2cccc3ccsc23)CC1. The first-order chi connectivity index (χ1) is 30.4. The molecule has 0 bridgehead atoms. The van der Waals surface area contributed by atoms with Crippen molar-refractivity contribution in [3.63, 3.8) is 0 Å². The topological polar surface area (TPSA) is 62.3 Å². The van der Waals surface area contributed by atoms with Crippen LogP contribution in [0.2, 0.25) is 10.0 Å². The van der Waals surface area contributed by atoms with Gasteiger partial charge in [0.15, 0.2) is 5.78 Å². The van der Waals surface area contributed by atoms with Gasteiger partial charge >= 0.3 is 0 Å². The number of carbonyl (C=O) groups excluding carboxylic acids is 1. The number of benzene rings is 2. The average Bonchev–Trinajstić information content (AvgIpc) is 4.02. The molecular formula is C49H52Cl2N8OS2. The summed E-state index contributed by atoms with van der Waals surface area (Å²) < 4.78 is 2.71. The third kappa shape index (κ3) is 9.10. The van der Waals surface area contributed by atoms with Crippen LogP contribution in [-0.4, -0.2) is 139 Å². The monoisotopic (exact) mass is 902 g/mol. The number of fused-ring (bicyclic) bond motifs is 2. The van der Waals surface area contributed by atoms with Crippen molar-refractivity contribution in [2.75, 3.05) is 101 Å². The van der Waals surface area contributed by atoms with Crippen LogP contribution in [0, 0.1) is 0 Å². The number of rotatable bonds is 12. The molecule has 0 saturated carbocycles. The summed E-state index contributed by atoms with van der Waals surface area (Å²) in [5, 5.41) is 8.28. The molecule has 2 aromatic carbocycles. The number of nitrogens with zero attached hydrogens (tertiary/aromatic N) is 8. The number of anilines is 2. The Morgan fingerprint density at radius 3 is 1.40 bits per heavy atom. The molecule has 10 rings (SSSR count). The Morgan fingerprint density at radius 1 is 0.565 bits per heavy atom. The predicted molar refractivity (Wildman–Crippen MR) is 260 cm³/mol. The Balaban J connectivity index is 0.921. The van der Waals surface area contributed by atoms with Crippen LogP contribution in [0.3, 0.4) is 0 Å². The van der Waals surface area contributed by atoms with E-state index in [0.717, 1.165) is 103 Å². The van der Waals surface area contributed by atoms with Crippen LogP contribution in [0.15, 0.2) is 108 Å². The van der Waals surface area contributed by atoms with Crippen LogP contribution in [-0.2, 0) is 4.79 Å². The molecule has 0 radical (unpaired) electrons. The third-order valence-corrected chi connectivity index (χ3v) is 15.7. The lowest BCUT2D eigenvalue weighted by Gasteiger charge is -2.44. The van der Waals surface area contributed by atoms with Gasteiger partial charge in [-0.1, -0.05) is 71.8 Å². The largest absolute Gasteiger partial charge is 0.354 e. The maximum atomic E-state index is 15.8. The summed E-state index contributed by atoms with van der Waals surface area (Å²) in [6.45, 7) is 11.6. The van der Waals surface area contributed by atoms with Gasteiger partial charge in [0.25, 0.3) is 0 Å². The van der Waals surface area contributed by atoms with Crippen molar-refractivity contribution < 1.29 is 4.79 Å². The molecule has 0 spiro atoms. The Hall–Kier alpha value is -4.17. The number of halogens is 2. The minimum atomic E-state index is -0.236. The lowest BCUT2D eigenvalue weighted by atomic mass is 9.93. The number of thiophene rings is 2. The Labute approximate surface area is 382 Å². The summed E-state index contributed by atoms with van der Waals surface area (Å²) in [4.78, 5) is 39.7. The first kappa shape index (κ1) is 41.8. The number of piperazine rings is 2. The number of pyridine rings is 2. The molecule has 2 fully saturated rings. The number of hydrogen-bond acceptors (Lipinski definition) is 11. The second-order valence-corrected chi connectivity index (χ2v) is 19.6. The lowest BCUT2D eigenvalue weighted by molar-refractivity contribution is -0.131. The van der Waals surface area contributed by atoms with E-state index in [9.17, 15) is 0 Å². The fourth-order valence-electron chi connectivity index (χ4n) is 9.83. The minimum absolute atomic E-state index is 0.236. The van der Waals surface area contributed by atoms with Crippen LogP contribution >= 0.6 is 45.9 Å². The molecular weight excluding hydrogens is 852 g/mol. The Morgan fingerprint density at radius 2 is 1.02 bits per heavy atom. The van der Waals surface area contributed by atoms with Crippen LogP contribution in [0.25, 0.3) is 31.3 Å². The smallest absolute Gasteiger partial charge is 0.169 e. The Bertz CT molecular complexity index is 2380. The highest BCUT2D eigenvalue weighted by molar-refractivity contribution is 7.17. The number of aromatic nitrogens is 2. The highest BCUT2D eigenvalue weighted by Crippen LogP contribution is 2.35. The summed E-state index contributed by atoms with van der Waals surface area (Å²) >= 11 is 16.0. The van der Waals surface area contributed by atoms with Crippen LogP contribution in [0.4, 0.5) is 11.6 Å². The molecule has 2 atom stereocenters. The molecule has 2 saturated heterocycles. The van der Waals surface area contributed by atoms with E-state index in [1.165, 1.54) is 42.4 Å². The van der Waals surface area contributed by atoms with E-state index < -0.39 is 0 Å². The van der Waals surface area contributed by atoms with E-state index in [4.69, 9.17) is 23.2 Å². The fraction of sp³-hybridized carbons (Fsp3) is 0.367. The van der Waals surface area contributed by atoms with Crippen LogP contribution in [0.1, 0.15) is 24.0 Å². The zero-order valence-electron chi connectivity index (χ0n) is 34.9. The van der Waals surface area contributed by atoms with E-state index >= 15 is 4.79 Å². The summed E-state index contributed by atoms with van der Waals surface area (Å²) in [6.07, 6.45) is 10.1. The molecule has 6 aromatic rings. The van der Waals surface area contributed by atoms with E-state index in [2.05, 4.69) is 111 Å². The van der Waals surface area contributed by atoms with Gasteiger partial charge in [-0.25, -0.2) is 9.97 Å². The average molecular weight is 904 g/mol. The van der Waals surface area contributed by atoms with Crippen molar-refractivity contribution >= 4 is 94.6 Å². The van der Waals surface area contributed by atoms with E-state index in [1.54, 1.807) is 12.4 Å². The third-order valence-electron chi connectivity index (χ3n) is 13.3. The molecule has 4 aliphatic heterocycles. The lowest BCUT2D eigenvalue weighted by Crippen LogP contribution is -2.61. The van der Waals surface area contributed by atoms with Crippen LogP contribution in [0.5, 0.6) is 0 Å². The van der Waals surface area contributed by atoms with E-state index in [1.807, 2.05) is 46.9 Å². The van der Waals surface area contributed by atoms with Gasteiger partial charge in [0.1, 0.15) is 11.6 Å². The van der Waals surface area contributed by atoms with Crippen LogP contribution < -0.4 is 9.80 Å². The Kier molecular flexibility index (Phi) is 12.7. The van der Waals surface area contributed by atoms with Gasteiger partial charge in [0.2, 0.25) is 0 Å². The molecule has 62 heavy (non-hydrogen) atoms. The second kappa shape index (κ2) is 18.9. The van der Waals surface area contributed by atoms with Gasteiger partial charge in [0.05, 0.1) is 22.1 Å². The normalized spacial score (nSPS) is 19.8. The first-order valence-corrected chi connectivity index (χ1v) is 24.5. The van der Waals surface area contributed by atoms with Gasteiger partial charge in [-0.05, 0) is 93.0 Å². The maximum absolute atomic E-state index is 15.8. The highest BCUT2D eigenvalue weighted by Gasteiger charge is 2.39. The summed E-state index contributed by atoms with van der Waals surface area (Å²) in [7, 11) is 0. The molecule has 0 aliphatic carbocycles. The molecule has 4 aliphatic rings. The number of Topliss-reactive ketones (excluding diaryl/α,β-unsaturated/α-hetero) is 1. The highest BCUT2D eigenvalue weighted by atomic mass is 35.5. The van der Waals surface area contributed by atoms with Crippen molar-refractivity contribution in [2.45, 2.75) is 24.9 Å². The molecule has 9 nitrogen and oxygen atoms in total. The number of ketones is 1. The molecule has 13 heteroatoms. The molecule has 0 N–H and O–H groups in total. The molecule has 0 amide bonds. The van der Waals surface area contributed by atoms with Gasteiger partial charge in [-0.15, -0.1) is 22.7 Å². The molecule has 2 unspecified atom stereocenters. The predicted octanol–water partition coefficient (Wildman–Crippen LogP) is 9.04. The van der Waals surface area contributed by atoms with Crippen molar-refractivity contribution in [1.29, 1.82) is 0 Å². The van der Waals surface area contributed by atoms with Gasteiger partial charge in [-0.3, -0.25) is 24.4 Å². The van der Waals surface area contributed by atoms with Gasteiger partial charge in [0, 0.05) is 113 Å². The maximum Gasteiger partial charge on any atom is 0.169 e. The second-order valence-electron chi connectivity index (χ2n) is 16.9. The zero-order valence-corrected chi connectivity index (χ0v) is 38.1. The van der Waals surface area contributed by atoms with Crippen molar-refractivity contribution in [3.8, 4) is 0 Å². The van der Waals surface area contributed by atoms with Gasteiger partial charge in [-0.2, -0.15) is 0 Å². The minimum Gasteiger partial charge on any atom is -0.354 e. The fourth-order valence-corrected chi connectivity index (χ4v) is 11.9. The number of hydrogen-bond donors (Lipinski definition) is 0. The standard InChI is InChI=1S/C49H52Cl2N8OS2/c50-39-7-9-45(52-31-39)58-25-21-54(22-26-58)33-43(56-17-11-35(12-18-56)41-5-1-3-37-15-29-61-48(37)41)47(60)44(34-55-23-27-59(28-24-55)46-10-8-40(51)32-53-46)57-19-13-36(14-20-57)42-6-2-4-38-16-30-62-49(38)42/h1-11,13,15-16,29-32,43-44H,12,14,17-28,33-34H2. The van der Waals surface area contributed by atoms with Gasteiger partial charge < -0.3 is 9.80 Å². The number of carbonyl (C=O) groups is 1. The van der Waals surface area contributed by atoms with Crippen molar-refractivity contribution in [3.05, 3.63) is 129 Å². The summed E-state index contributed by atoms with van der Waals surface area (Å²) in [5.74, 6) is 2.26. The first-order valence-electron chi connectivity index (χ1n) is 21.9. The van der Waals surface area contributed by atoms with Crippen molar-refractivity contribution in [1.82, 2.24) is 29.6 Å². The molecule has 4 aromatic heterocycles. The van der Waals surface area contributed by atoms with Crippen molar-refractivity contribution in [2.24, 2.45) is 0 Å². The van der Waals surface area contributed by atoms with E-state index in [-0.39, 0.29) is 12.1 Å². The van der Waals surface area contributed by atoms with E-state index in [0.29, 0.717) is 28.9 Å².